The largest absolute Gasteiger partial charge is 0.394 e. The van der Waals surface area contributed by atoms with Crippen molar-refractivity contribution in [3.8, 4) is 0 Å². The molecule has 0 spiro atoms. The number of aromatic nitrogens is 2. The summed E-state index contributed by atoms with van der Waals surface area (Å²) in [6.45, 7) is 3.49. The molecule has 1 aromatic heterocycles. The van der Waals surface area contributed by atoms with E-state index in [9.17, 15) is 19.5 Å². The van der Waals surface area contributed by atoms with E-state index in [-0.39, 0.29) is 18.2 Å². The van der Waals surface area contributed by atoms with Gasteiger partial charge in [0.1, 0.15) is 0 Å². The van der Waals surface area contributed by atoms with Gasteiger partial charge in [-0.1, -0.05) is 6.92 Å². The smallest absolute Gasteiger partial charge is 0.325 e. The number of aliphatic hydroxyl groups is 1. The Kier molecular flexibility index (Phi) is 7.69. The Labute approximate surface area is 132 Å². The molecular formula is C14H21N3O4S. The summed E-state index contributed by atoms with van der Waals surface area (Å²) in [5.74, 6) is 1.19. The molecule has 0 fully saturated rings. The predicted octanol–water partition coefficient (Wildman–Crippen LogP) is 0.00512. The monoisotopic (exact) mass is 327 g/mol. The van der Waals surface area contributed by atoms with Crippen molar-refractivity contribution in [2.75, 3.05) is 18.1 Å². The fourth-order valence-electron chi connectivity index (χ4n) is 1.73. The summed E-state index contributed by atoms with van der Waals surface area (Å²) >= 11 is 1.66. The van der Waals surface area contributed by atoms with Crippen molar-refractivity contribution < 1.29 is 9.90 Å². The number of rotatable bonds is 8. The zero-order chi connectivity index (χ0) is 16.5. The van der Waals surface area contributed by atoms with E-state index in [0.717, 1.165) is 12.2 Å². The molecule has 1 heterocycles. The minimum atomic E-state index is -0.586. The van der Waals surface area contributed by atoms with Crippen LogP contribution in [0.1, 0.15) is 24.6 Å². The minimum absolute atomic E-state index is 0.144. The molecule has 0 aliphatic rings. The van der Waals surface area contributed by atoms with Crippen molar-refractivity contribution in [1.82, 2.24) is 15.3 Å². The third-order valence-corrected chi connectivity index (χ3v) is 4.15. The van der Waals surface area contributed by atoms with Gasteiger partial charge in [-0.05, 0) is 25.2 Å². The summed E-state index contributed by atoms with van der Waals surface area (Å²) in [5.41, 5.74) is -0.537. The topological polar surface area (TPSA) is 115 Å². The summed E-state index contributed by atoms with van der Waals surface area (Å²) < 4.78 is 0. The molecule has 1 atom stereocenters. The second-order valence-electron chi connectivity index (χ2n) is 4.74. The van der Waals surface area contributed by atoms with Gasteiger partial charge in [0.15, 0.2) is 0 Å². The summed E-state index contributed by atoms with van der Waals surface area (Å²) in [6.07, 6.45) is 3.58. The normalized spacial score (nSPS) is 12.5. The summed E-state index contributed by atoms with van der Waals surface area (Å²) in [4.78, 5) is 39.0. The fourth-order valence-corrected chi connectivity index (χ4v) is 2.66. The number of carbonyl (C=O) groups is 1. The zero-order valence-corrected chi connectivity index (χ0v) is 13.5. The lowest BCUT2D eigenvalue weighted by Gasteiger charge is -2.14. The molecule has 1 amide bonds. The highest BCUT2D eigenvalue weighted by molar-refractivity contribution is 7.99. The molecule has 0 aromatic carbocycles. The van der Waals surface area contributed by atoms with E-state index in [0.29, 0.717) is 11.4 Å². The van der Waals surface area contributed by atoms with Crippen molar-refractivity contribution in [3.05, 3.63) is 38.2 Å². The number of H-pyrrole nitrogens is 2. The lowest BCUT2D eigenvalue weighted by atomic mass is 10.2. The highest BCUT2D eigenvalue weighted by Crippen LogP contribution is 2.04. The van der Waals surface area contributed by atoms with Gasteiger partial charge in [0.25, 0.3) is 5.56 Å². The van der Waals surface area contributed by atoms with E-state index >= 15 is 0 Å². The Morgan fingerprint density at radius 3 is 2.73 bits per heavy atom. The van der Waals surface area contributed by atoms with Gasteiger partial charge in [0.05, 0.1) is 18.2 Å². The van der Waals surface area contributed by atoms with Crippen LogP contribution < -0.4 is 16.6 Å². The number of nitrogens with one attached hydrogen (secondary N) is 3. The van der Waals surface area contributed by atoms with Gasteiger partial charge < -0.3 is 15.4 Å². The van der Waals surface area contributed by atoms with E-state index in [2.05, 4.69) is 22.2 Å². The van der Waals surface area contributed by atoms with Gasteiger partial charge in [0.2, 0.25) is 5.91 Å². The molecule has 0 saturated carbocycles. The van der Waals surface area contributed by atoms with Gasteiger partial charge in [0, 0.05) is 17.5 Å². The van der Waals surface area contributed by atoms with Crippen LogP contribution in [0.3, 0.4) is 0 Å². The van der Waals surface area contributed by atoms with Crippen LogP contribution in [-0.4, -0.2) is 45.1 Å². The maximum absolute atomic E-state index is 11.8. The minimum Gasteiger partial charge on any atom is -0.394 e. The summed E-state index contributed by atoms with van der Waals surface area (Å²) in [7, 11) is 0. The number of aromatic amines is 2. The van der Waals surface area contributed by atoms with E-state index in [1.165, 1.54) is 12.2 Å². The van der Waals surface area contributed by atoms with Crippen LogP contribution in [-0.2, 0) is 4.79 Å². The Morgan fingerprint density at radius 1 is 1.41 bits per heavy atom. The Balaban J connectivity index is 2.68. The molecule has 122 valence electrons. The summed E-state index contributed by atoms with van der Waals surface area (Å²) in [6, 6.07) is -0.330. The maximum Gasteiger partial charge on any atom is 0.325 e. The number of thioether (sulfide) groups is 1. The third-order valence-electron chi connectivity index (χ3n) is 2.81. The van der Waals surface area contributed by atoms with Crippen molar-refractivity contribution in [1.29, 1.82) is 0 Å². The van der Waals surface area contributed by atoms with Crippen molar-refractivity contribution >= 4 is 23.7 Å². The molecule has 22 heavy (non-hydrogen) atoms. The van der Waals surface area contributed by atoms with Crippen molar-refractivity contribution in [2.45, 2.75) is 26.3 Å². The molecule has 1 rings (SSSR count). The molecule has 0 radical (unpaired) electrons. The highest BCUT2D eigenvalue weighted by Gasteiger charge is 2.10. The van der Waals surface area contributed by atoms with E-state index in [1.807, 2.05) is 0 Å². The van der Waals surface area contributed by atoms with Crippen LogP contribution >= 0.6 is 11.8 Å². The molecule has 0 unspecified atom stereocenters. The average Bonchev–Trinajstić information content (AvgIpc) is 2.45. The fraction of sp³-hybridized carbons (Fsp3) is 0.500. The molecule has 1 aromatic rings. The predicted molar refractivity (Wildman–Crippen MR) is 88.1 cm³/mol. The van der Waals surface area contributed by atoms with Gasteiger partial charge in [-0.3, -0.25) is 14.6 Å². The van der Waals surface area contributed by atoms with E-state index < -0.39 is 17.2 Å². The Morgan fingerprint density at radius 2 is 2.14 bits per heavy atom. The SMILES string of the molecule is CCCSC[C@@H](CO)NC(=O)/C=C/c1c(C)[nH]c(=O)[nH]c1=O. The first-order valence-corrected chi connectivity index (χ1v) is 8.13. The first-order valence-electron chi connectivity index (χ1n) is 6.98. The molecule has 4 N–H and O–H groups in total. The molecule has 8 heteroatoms. The van der Waals surface area contributed by atoms with Crippen molar-refractivity contribution in [3.63, 3.8) is 0 Å². The van der Waals surface area contributed by atoms with Crippen molar-refractivity contribution in [2.24, 2.45) is 0 Å². The quantitative estimate of drug-likeness (QED) is 0.396. The Bertz CT molecular complexity index is 636. The molecule has 0 aliphatic heterocycles. The zero-order valence-electron chi connectivity index (χ0n) is 12.6. The lowest BCUT2D eigenvalue weighted by molar-refractivity contribution is -0.117. The Hall–Kier alpha value is -1.80. The molecular weight excluding hydrogens is 306 g/mol. The van der Waals surface area contributed by atoms with Crippen LogP contribution in [0.25, 0.3) is 6.08 Å². The van der Waals surface area contributed by atoms with E-state index in [4.69, 9.17) is 0 Å². The number of aryl methyl sites for hydroxylation is 1. The molecule has 7 nitrogen and oxygen atoms in total. The second kappa shape index (κ2) is 9.26. The van der Waals surface area contributed by atoms with Gasteiger partial charge in [-0.15, -0.1) is 0 Å². The molecule has 0 aliphatic carbocycles. The van der Waals surface area contributed by atoms with Crippen LogP contribution in [0.15, 0.2) is 15.7 Å². The second-order valence-corrected chi connectivity index (χ2v) is 5.89. The first kappa shape index (κ1) is 18.2. The summed E-state index contributed by atoms with van der Waals surface area (Å²) in [5, 5.41) is 11.9. The molecule has 0 saturated heterocycles. The standard InChI is InChI=1S/C14H21N3O4S/c1-3-6-22-8-10(7-18)16-12(19)5-4-11-9(2)15-14(21)17-13(11)20/h4-5,10,18H,3,6-8H2,1-2H3,(H,16,19)(H2,15,17,20,21)/b5-4+/t10-/m1/s1. The van der Waals surface area contributed by atoms with Crippen LogP contribution in [0.5, 0.6) is 0 Å². The number of amides is 1. The number of hydrogen-bond donors (Lipinski definition) is 4. The van der Waals surface area contributed by atoms with E-state index in [1.54, 1.807) is 18.7 Å². The van der Waals surface area contributed by atoms with Crippen LogP contribution in [0.4, 0.5) is 0 Å². The number of carbonyl (C=O) groups excluding carboxylic acids is 1. The molecule has 0 bridgehead atoms. The van der Waals surface area contributed by atoms with Crippen LogP contribution in [0.2, 0.25) is 0 Å². The number of aliphatic hydroxyl groups excluding tert-OH is 1. The third kappa shape index (κ3) is 5.90. The highest BCUT2D eigenvalue weighted by atomic mass is 32.2. The lowest BCUT2D eigenvalue weighted by Crippen LogP contribution is -2.38. The van der Waals surface area contributed by atoms with Gasteiger partial charge in [-0.2, -0.15) is 11.8 Å². The van der Waals surface area contributed by atoms with Gasteiger partial charge >= 0.3 is 5.69 Å². The first-order chi connectivity index (χ1) is 10.5. The maximum atomic E-state index is 11.8. The average molecular weight is 327 g/mol. The van der Waals surface area contributed by atoms with Gasteiger partial charge in [-0.25, -0.2) is 4.79 Å². The van der Waals surface area contributed by atoms with Crippen LogP contribution in [0, 0.1) is 6.92 Å². The number of hydrogen-bond acceptors (Lipinski definition) is 5.